The fourth-order valence-electron chi connectivity index (χ4n) is 4.96. The average Bonchev–Trinajstić information content (AvgIpc) is 3.49. The number of amides is 1. The number of thiophene rings is 1. The van der Waals surface area contributed by atoms with Crippen LogP contribution in [0.1, 0.15) is 51.4 Å². The fraction of sp³-hybridized carbons (Fsp3) is 0.667. The van der Waals surface area contributed by atoms with Crippen molar-refractivity contribution in [1.29, 1.82) is 0 Å². The van der Waals surface area contributed by atoms with E-state index in [4.69, 9.17) is 0 Å². The molecular weight excluding hydrogens is 356 g/mol. The van der Waals surface area contributed by atoms with Crippen molar-refractivity contribution >= 4 is 33.3 Å². The Hall–Kier alpha value is -1.69. The van der Waals surface area contributed by atoms with Crippen LogP contribution in [0.5, 0.6) is 0 Å². The van der Waals surface area contributed by atoms with Gasteiger partial charge < -0.3 is 9.80 Å². The molecule has 0 aromatic carbocycles. The summed E-state index contributed by atoms with van der Waals surface area (Å²) < 4.78 is 1.20. The third-order valence-electron chi connectivity index (χ3n) is 6.62. The number of anilines is 1. The average molecular weight is 385 g/mol. The van der Waals surface area contributed by atoms with Gasteiger partial charge in [0.2, 0.25) is 5.91 Å². The second-order valence-electron chi connectivity index (χ2n) is 8.38. The Bertz CT molecular complexity index is 809. The zero-order valence-electron chi connectivity index (χ0n) is 15.8. The van der Waals surface area contributed by atoms with Crippen molar-refractivity contribution in [2.24, 2.45) is 11.8 Å². The highest BCUT2D eigenvalue weighted by Crippen LogP contribution is 2.37. The van der Waals surface area contributed by atoms with Crippen LogP contribution in [-0.4, -0.2) is 46.5 Å². The van der Waals surface area contributed by atoms with Crippen LogP contribution < -0.4 is 4.90 Å². The van der Waals surface area contributed by atoms with Crippen LogP contribution in [0.25, 0.3) is 10.2 Å². The lowest BCUT2D eigenvalue weighted by Crippen LogP contribution is -2.48. The van der Waals surface area contributed by atoms with Gasteiger partial charge in [0, 0.05) is 31.6 Å². The predicted octanol–water partition coefficient (Wildman–Crippen LogP) is 4.09. The molecule has 1 aliphatic carbocycles. The van der Waals surface area contributed by atoms with Gasteiger partial charge in [0.25, 0.3) is 0 Å². The number of aromatic nitrogens is 2. The number of carbonyl (C=O) groups excluding carboxylic acids is 1. The first-order valence-electron chi connectivity index (χ1n) is 10.5. The maximum atomic E-state index is 12.9. The van der Waals surface area contributed by atoms with Crippen molar-refractivity contribution in [1.82, 2.24) is 14.9 Å². The molecule has 0 radical (unpaired) electrons. The second-order valence-corrected chi connectivity index (χ2v) is 9.30. The topological polar surface area (TPSA) is 49.3 Å². The smallest absolute Gasteiger partial charge is 0.225 e. The van der Waals surface area contributed by atoms with E-state index in [1.807, 2.05) is 0 Å². The lowest BCUT2D eigenvalue weighted by molar-refractivity contribution is -0.136. The van der Waals surface area contributed by atoms with E-state index >= 15 is 0 Å². The van der Waals surface area contributed by atoms with Gasteiger partial charge in [0.1, 0.15) is 12.1 Å². The predicted molar refractivity (Wildman–Crippen MR) is 109 cm³/mol. The lowest BCUT2D eigenvalue weighted by Gasteiger charge is -2.41. The summed E-state index contributed by atoms with van der Waals surface area (Å²) in [5.74, 6) is 2.54. The van der Waals surface area contributed by atoms with Crippen LogP contribution in [0.4, 0.5) is 5.82 Å². The highest BCUT2D eigenvalue weighted by molar-refractivity contribution is 7.17. The quantitative estimate of drug-likeness (QED) is 0.800. The third-order valence-corrected chi connectivity index (χ3v) is 7.52. The van der Waals surface area contributed by atoms with Crippen LogP contribution in [0.15, 0.2) is 17.8 Å². The number of carbonyl (C=O) groups is 1. The minimum Gasteiger partial charge on any atom is -0.355 e. The van der Waals surface area contributed by atoms with Gasteiger partial charge in [-0.2, -0.15) is 0 Å². The summed E-state index contributed by atoms with van der Waals surface area (Å²) in [6.07, 6.45) is 11.2. The Kier molecular flexibility index (Phi) is 4.76. The fourth-order valence-corrected chi connectivity index (χ4v) is 5.82. The molecule has 2 aromatic rings. The molecule has 144 valence electrons. The summed E-state index contributed by atoms with van der Waals surface area (Å²) in [5, 5.41) is 2.10. The van der Waals surface area contributed by atoms with Gasteiger partial charge in [-0.25, -0.2) is 9.97 Å². The Morgan fingerprint density at radius 3 is 2.67 bits per heavy atom. The van der Waals surface area contributed by atoms with Gasteiger partial charge in [0.05, 0.1) is 10.2 Å². The molecular formula is C21H28N4OS. The highest BCUT2D eigenvalue weighted by Gasteiger charge is 2.39. The zero-order valence-corrected chi connectivity index (χ0v) is 16.7. The first-order chi connectivity index (χ1) is 13.3. The minimum absolute atomic E-state index is 0.346. The molecule has 0 N–H and O–H groups in total. The Labute approximate surface area is 164 Å². The molecule has 3 aliphatic rings. The third kappa shape index (κ3) is 3.44. The molecule has 5 rings (SSSR count). The maximum Gasteiger partial charge on any atom is 0.225 e. The van der Waals surface area contributed by atoms with Crippen molar-refractivity contribution in [2.75, 3.05) is 24.5 Å². The van der Waals surface area contributed by atoms with E-state index < -0.39 is 0 Å². The minimum atomic E-state index is 0.346. The summed E-state index contributed by atoms with van der Waals surface area (Å²) in [6, 6.07) is 2.54. The van der Waals surface area contributed by atoms with Gasteiger partial charge in [-0.05, 0) is 55.9 Å². The van der Waals surface area contributed by atoms with Gasteiger partial charge in [-0.15, -0.1) is 11.3 Å². The second kappa shape index (κ2) is 7.38. The van der Waals surface area contributed by atoms with Crippen LogP contribution in [0.2, 0.25) is 0 Å². The van der Waals surface area contributed by atoms with E-state index in [0.29, 0.717) is 23.8 Å². The van der Waals surface area contributed by atoms with Crippen molar-refractivity contribution in [2.45, 2.75) is 57.4 Å². The van der Waals surface area contributed by atoms with Crippen LogP contribution in [-0.2, 0) is 4.79 Å². The Morgan fingerprint density at radius 1 is 1.00 bits per heavy atom. The first-order valence-corrected chi connectivity index (χ1v) is 11.4. The molecule has 0 bridgehead atoms. The molecule has 3 fully saturated rings. The highest BCUT2D eigenvalue weighted by atomic mass is 32.1. The molecule has 4 heterocycles. The van der Waals surface area contributed by atoms with Gasteiger partial charge >= 0.3 is 0 Å². The van der Waals surface area contributed by atoms with Crippen LogP contribution >= 0.6 is 11.3 Å². The molecule has 0 spiro atoms. The molecule has 27 heavy (non-hydrogen) atoms. The Morgan fingerprint density at radius 2 is 1.85 bits per heavy atom. The van der Waals surface area contributed by atoms with Gasteiger partial charge in [-0.3, -0.25) is 4.79 Å². The number of hydrogen-bond donors (Lipinski definition) is 0. The molecule has 1 atom stereocenters. The van der Waals surface area contributed by atoms with Crippen molar-refractivity contribution in [3.63, 3.8) is 0 Å². The maximum absolute atomic E-state index is 12.9. The number of rotatable bonds is 3. The largest absolute Gasteiger partial charge is 0.355 e. The lowest BCUT2D eigenvalue weighted by atomic mass is 9.86. The van der Waals surface area contributed by atoms with E-state index in [1.54, 1.807) is 17.7 Å². The van der Waals surface area contributed by atoms with E-state index in [-0.39, 0.29) is 0 Å². The summed E-state index contributed by atoms with van der Waals surface area (Å²) >= 11 is 1.73. The van der Waals surface area contributed by atoms with Crippen molar-refractivity contribution in [3.05, 3.63) is 17.8 Å². The van der Waals surface area contributed by atoms with Gasteiger partial charge in [-0.1, -0.05) is 12.8 Å². The molecule has 1 saturated carbocycles. The summed E-state index contributed by atoms with van der Waals surface area (Å²) in [6.45, 7) is 3.06. The van der Waals surface area contributed by atoms with Gasteiger partial charge in [0.15, 0.2) is 0 Å². The molecule has 6 heteroatoms. The van der Waals surface area contributed by atoms with Crippen LogP contribution in [0.3, 0.4) is 0 Å². The number of likely N-dealkylation sites (tertiary alicyclic amines) is 1. The van der Waals surface area contributed by atoms with E-state index in [0.717, 1.165) is 56.7 Å². The SMILES string of the molecule is O=C(C1CC1)N1CCCCCC1C1CCN(c2ncnc3ccsc23)CC1. The molecule has 5 nitrogen and oxygen atoms in total. The molecule has 2 aliphatic heterocycles. The number of nitrogens with zero attached hydrogens (tertiary/aromatic N) is 4. The summed E-state index contributed by atoms with van der Waals surface area (Å²) in [7, 11) is 0. The molecule has 2 saturated heterocycles. The summed E-state index contributed by atoms with van der Waals surface area (Å²) in [5.41, 5.74) is 1.05. The van der Waals surface area contributed by atoms with E-state index in [2.05, 4.69) is 31.2 Å². The first kappa shape index (κ1) is 17.4. The number of piperidine rings is 1. The molecule has 1 unspecified atom stereocenters. The zero-order chi connectivity index (χ0) is 18.2. The van der Waals surface area contributed by atoms with Crippen molar-refractivity contribution in [3.8, 4) is 0 Å². The van der Waals surface area contributed by atoms with E-state index in [9.17, 15) is 4.79 Å². The standard InChI is InChI=1S/C21H28N4OS/c26-21(16-5-6-16)25-10-3-1-2-4-18(25)15-7-11-24(12-8-15)20-19-17(9-13-27-19)22-14-23-20/h9,13-16,18H,1-8,10-12H2. The van der Waals surface area contributed by atoms with E-state index in [1.165, 1.54) is 30.4 Å². The summed E-state index contributed by atoms with van der Waals surface area (Å²) in [4.78, 5) is 26.6. The number of hydrogen-bond acceptors (Lipinski definition) is 5. The molecule has 2 aromatic heterocycles. The van der Waals surface area contributed by atoms with Crippen molar-refractivity contribution < 1.29 is 4.79 Å². The molecule has 1 amide bonds. The normalized spacial score (nSPS) is 25.0. The number of fused-ring (bicyclic) bond motifs is 1. The Balaban J connectivity index is 1.30. The van der Waals surface area contributed by atoms with Crippen LogP contribution in [0, 0.1) is 11.8 Å². The monoisotopic (exact) mass is 384 g/mol.